The average Bonchev–Trinajstić information content (AvgIpc) is 2.60. The van der Waals surface area contributed by atoms with E-state index >= 15 is 0 Å². The fourth-order valence-corrected chi connectivity index (χ4v) is 2.24. The minimum Gasteiger partial charge on any atom is -0.496 e. The molecular formula is C19H19ClN2O3. The molecule has 0 aliphatic heterocycles. The van der Waals surface area contributed by atoms with Crippen molar-refractivity contribution in [2.45, 2.75) is 6.92 Å². The van der Waals surface area contributed by atoms with Gasteiger partial charge >= 0.3 is 0 Å². The van der Waals surface area contributed by atoms with E-state index in [4.69, 9.17) is 16.3 Å². The summed E-state index contributed by atoms with van der Waals surface area (Å²) >= 11 is 5.78. The largest absolute Gasteiger partial charge is 0.496 e. The number of hydrogen-bond acceptors (Lipinski definition) is 3. The Labute approximate surface area is 151 Å². The minimum absolute atomic E-state index is 0.128. The molecule has 0 saturated heterocycles. The third-order valence-electron chi connectivity index (χ3n) is 3.35. The third-order valence-corrected chi connectivity index (χ3v) is 3.60. The maximum atomic E-state index is 11.9. The van der Waals surface area contributed by atoms with Gasteiger partial charge in [-0.3, -0.25) is 9.59 Å². The highest BCUT2D eigenvalue weighted by Gasteiger charge is 2.05. The van der Waals surface area contributed by atoms with Crippen molar-refractivity contribution in [3.05, 3.63) is 64.7 Å². The van der Waals surface area contributed by atoms with Gasteiger partial charge in [0.2, 0.25) is 11.8 Å². The Hall–Kier alpha value is -2.79. The highest BCUT2D eigenvalue weighted by molar-refractivity contribution is 6.30. The van der Waals surface area contributed by atoms with Crippen molar-refractivity contribution < 1.29 is 14.3 Å². The maximum Gasteiger partial charge on any atom is 0.244 e. The van der Waals surface area contributed by atoms with Gasteiger partial charge in [0, 0.05) is 22.3 Å². The highest BCUT2D eigenvalue weighted by atomic mass is 35.5. The van der Waals surface area contributed by atoms with E-state index in [1.165, 1.54) is 6.08 Å². The summed E-state index contributed by atoms with van der Waals surface area (Å²) < 4.78 is 5.25. The average molecular weight is 359 g/mol. The van der Waals surface area contributed by atoms with Crippen LogP contribution in [-0.2, 0) is 9.59 Å². The first-order chi connectivity index (χ1) is 12.0. The maximum absolute atomic E-state index is 11.9. The Morgan fingerprint density at radius 1 is 1.16 bits per heavy atom. The van der Waals surface area contributed by atoms with Crippen LogP contribution in [0.2, 0.25) is 5.02 Å². The van der Waals surface area contributed by atoms with E-state index in [-0.39, 0.29) is 18.4 Å². The van der Waals surface area contributed by atoms with Crippen LogP contribution >= 0.6 is 11.6 Å². The van der Waals surface area contributed by atoms with Gasteiger partial charge in [-0.25, -0.2) is 0 Å². The summed E-state index contributed by atoms with van der Waals surface area (Å²) in [6.45, 7) is 1.83. The molecule has 2 rings (SSSR count). The lowest BCUT2D eigenvalue weighted by atomic mass is 10.1. The fraction of sp³-hybridized carbons (Fsp3) is 0.158. The lowest BCUT2D eigenvalue weighted by Crippen LogP contribution is -2.31. The third kappa shape index (κ3) is 5.97. The molecule has 0 spiro atoms. The van der Waals surface area contributed by atoms with Gasteiger partial charge in [-0.1, -0.05) is 23.2 Å². The number of anilines is 1. The molecular weight excluding hydrogens is 340 g/mol. The standard InChI is InChI=1S/C19H19ClN2O3/c1-13-3-9-17(25-2)14(11-13)4-10-18(23)21-12-19(24)22-16-7-5-15(20)6-8-16/h3-11H,12H2,1-2H3,(H,21,23)(H,22,24)/b10-4+. The SMILES string of the molecule is COc1ccc(C)cc1/C=C/C(=O)NCC(=O)Nc1ccc(Cl)cc1. The zero-order valence-electron chi connectivity index (χ0n) is 14.0. The number of ether oxygens (including phenoxy) is 1. The van der Waals surface area contributed by atoms with E-state index in [0.717, 1.165) is 11.1 Å². The van der Waals surface area contributed by atoms with Crippen LogP contribution in [0.15, 0.2) is 48.5 Å². The van der Waals surface area contributed by atoms with Gasteiger partial charge in [0.25, 0.3) is 0 Å². The van der Waals surface area contributed by atoms with E-state index < -0.39 is 0 Å². The van der Waals surface area contributed by atoms with Gasteiger partial charge in [0.05, 0.1) is 13.7 Å². The molecule has 0 bridgehead atoms. The number of methoxy groups -OCH3 is 1. The molecule has 0 atom stereocenters. The van der Waals surface area contributed by atoms with Crippen molar-refractivity contribution in [3.63, 3.8) is 0 Å². The second kappa shape index (κ2) is 8.89. The Morgan fingerprint density at radius 3 is 2.56 bits per heavy atom. The predicted octanol–water partition coefficient (Wildman–Crippen LogP) is 3.43. The fourth-order valence-electron chi connectivity index (χ4n) is 2.11. The molecule has 130 valence electrons. The number of aryl methyl sites for hydroxylation is 1. The summed E-state index contributed by atoms with van der Waals surface area (Å²) in [7, 11) is 1.57. The molecule has 0 unspecified atom stereocenters. The van der Waals surface area contributed by atoms with Crippen LogP contribution < -0.4 is 15.4 Å². The first-order valence-electron chi connectivity index (χ1n) is 7.64. The van der Waals surface area contributed by atoms with Gasteiger partial charge in [0.1, 0.15) is 5.75 Å². The zero-order valence-corrected chi connectivity index (χ0v) is 14.8. The molecule has 5 nitrogen and oxygen atoms in total. The van der Waals surface area contributed by atoms with E-state index in [9.17, 15) is 9.59 Å². The van der Waals surface area contributed by atoms with E-state index in [2.05, 4.69) is 10.6 Å². The second-order valence-electron chi connectivity index (χ2n) is 5.35. The molecule has 0 aliphatic carbocycles. The first kappa shape index (κ1) is 18.5. The summed E-state index contributed by atoms with van der Waals surface area (Å²) in [5, 5.41) is 5.79. The molecule has 2 amide bonds. The molecule has 0 fully saturated rings. The van der Waals surface area contributed by atoms with Gasteiger partial charge < -0.3 is 15.4 Å². The van der Waals surface area contributed by atoms with Crippen LogP contribution in [0.1, 0.15) is 11.1 Å². The molecule has 0 aromatic heterocycles. The summed E-state index contributed by atoms with van der Waals surface area (Å²) in [4.78, 5) is 23.7. The van der Waals surface area contributed by atoms with E-state index in [1.807, 2.05) is 25.1 Å². The molecule has 2 aromatic rings. The molecule has 0 radical (unpaired) electrons. The normalized spacial score (nSPS) is 10.5. The Balaban J connectivity index is 1.87. The van der Waals surface area contributed by atoms with Crippen LogP contribution in [-0.4, -0.2) is 25.5 Å². The molecule has 6 heteroatoms. The number of nitrogens with one attached hydrogen (secondary N) is 2. The van der Waals surface area contributed by atoms with Crippen molar-refractivity contribution in [1.29, 1.82) is 0 Å². The molecule has 2 N–H and O–H groups in total. The Bertz CT molecular complexity index is 786. The molecule has 0 heterocycles. The van der Waals surface area contributed by atoms with Crippen LogP contribution in [0.5, 0.6) is 5.75 Å². The molecule has 25 heavy (non-hydrogen) atoms. The number of hydrogen-bond donors (Lipinski definition) is 2. The lowest BCUT2D eigenvalue weighted by Gasteiger charge is -2.06. The number of amides is 2. The van der Waals surface area contributed by atoms with Crippen LogP contribution in [0.3, 0.4) is 0 Å². The van der Waals surface area contributed by atoms with Crippen molar-refractivity contribution in [3.8, 4) is 5.75 Å². The van der Waals surface area contributed by atoms with Gasteiger partial charge in [-0.2, -0.15) is 0 Å². The smallest absolute Gasteiger partial charge is 0.244 e. The van der Waals surface area contributed by atoms with Gasteiger partial charge in [0.15, 0.2) is 0 Å². The summed E-state index contributed by atoms with van der Waals surface area (Å²) in [6.07, 6.45) is 3.02. The number of benzene rings is 2. The van der Waals surface area contributed by atoms with Crippen LogP contribution in [0.25, 0.3) is 6.08 Å². The van der Waals surface area contributed by atoms with Gasteiger partial charge in [-0.15, -0.1) is 0 Å². The van der Waals surface area contributed by atoms with E-state index in [1.54, 1.807) is 37.5 Å². The highest BCUT2D eigenvalue weighted by Crippen LogP contribution is 2.20. The number of carbonyl (C=O) groups is 2. The number of halogens is 1. The zero-order chi connectivity index (χ0) is 18.2. The summed E-state index contributed by atoms with van der Waals surface area (Å²) in [5.41, 5.74) is 2.47. The number of rotatable bonds is 6. The van der Waals surface area contributed by atoms with Crippen molar-refractivity contribution in [1.82, 2.24) is 5.32 Å². The Morgan fingerprint density at radius 2 is 1.88 bits per heavy atom. The Kier molecular flexibility index (Phi) is 6.60. The minimum atomic E-state index is -0.366. The van der Waals surface area contributed by atoms with Crippen molar-refractivity contribution in [2.24, 2.45) is 0 Å². The topological polar surface area (TPSA) is 67.4 Å². The first-order valence-corrected chi connectivity index (χ1v) is 8.01. The number of carbonyl (C=O) groups excluding carboxylic acids is 2. The van der Waals surface area contributed by atoms with E-state index in [0.29, 0.717) is 16.5 Å². The molecule has 0 aliphatic rings. The predicted molar refractivity (Wildman–Crippen MR) is 99.9 cm³/mol. The second-order valence-corrected chi connectivity index (χ2v) is 5.79. The van der Waals surface area contributed by atoms with Gasteiger partial charge in [-0.05, 0) is 49.4 Å². The van der Waals surface area contributed by atoms with Crippen LogP contribution in [0.4, 0.5) is 5.69 Å². The molecule has 0 saturated carbocycles. The molecule has 2 aromatic carbocycles. The monoisotopic (exact) mass is 358 g/mol. The van der Waals surface area contributed by atoms with Crippen molar-refractivity contribution >= 4 is 35.2 Å². The quantitative estimate of drug-likeness (QED) is 0.777. The lowest BCUT2D eigenvalue weighted by molar-refractivity contribution is -0.121. The van der Waals surface area contributed by atoms with Crippen LogP contribution in [0, 0.1) is 6.92 Å². The summed E-state index contributed by atoms with van der Waals surface area (Å²) in [6, 6.07) is 12.4. The van der Waals surface area contributed by atoms with Crippen molar-refractivity contribution in [2.75, 3.05) is 19.0 Å². The summed E-state index contributed by atoms with van der Waals surface area (Å²) in [5.74, 6) is -0.0119.